The van der Waals surface area contributed by atoms with E-state index in [0.29, 0.717) is 11.3 Å². The number of carbonyl (C=O) groups excluding carboxylic acids is 1. The van der Waals surface area contributed by atoms with Gasteiger partial charge in [-0.25, -0.2) is 0 Å². The quantitative estimate of drug-likeness (QED) is 0.491. The molecule has 2 radical (unpaired) electrons. The highest BCUT2D eigenvalue weighted by Crippen LogP contribution is 2.16. The van der Waals surface area contributed by atoms with E-state index in [2.05, 4.69) is 0 Å². The summed E-state index contributed by atoms with van der Waals surface area (Å²) in [5.74, 6) is -0.218. The third kappa shape index (κ3) is 1.55. The number of phenols is 1. The maximum atomic E-state index is 10.3. The Morgan fingerprint density at radius 1 is 1.55 bits per heavy atom. The number of hydrogen-bond acceptors (Lipinski definition) is 2. The molecule has 0 amide bonds. The van der Waals surface area contributed by atoms with Gasteiger partial charge in [0, 0.05) is 5.02 Å². The first-order chi connectivity index (χ1) is 5.15. The maximum Gasteiger partial charge on any atom is 0.153 e. The number of benzene rings is 1. The van der Waals surface area contributed by atoms with Crippen molar-refractivity contribution in [1.29, 1.82) is 0 Å². The van der Waals surface area contributed by atoms with Crippen molar-refractivity contribution in [3.05, 3.63) is 22.7 Å². The summed E-state index contributed by atoms with van der Waals surface area (Å²) < 4.78 is 0. The predicted molar refractivity (Wildman–Crippen MR) is 43.9 cm³/mol. The minimum atomic E-state index is -0.218. The Labute approximate surface area is 70.2 Å². The van der Waals surface area contributed by atoms with Crippen LogP contribution in [-0.4, -0.2) is 19.2 Å². The minimum Gasteiger partial charge on any atom is -0.508 e. The van der Waals surface area contributed by atoms with Crippen LogP contribution in [0.2, 0.25) is 5.02 Å². The monoisotopic (exact) mass is 166 g/mol. The largest absolute Gasteiger partial charge is 0.508 e. The van der Waals surface area contributed by atoms with E-state index >= 15 is 0 Å². The van der Waals surface area contributed by atoms with E-state index in [4.69, 9.17) is 24.6 Å². The highest BCUT2D eigenvalue weighted by Gasteiger charge is 2.03. The number of phenolic OH excluding ortho intramolecular Hbond substituents is 1. The zero-order chi connectivity index (χ0) is 8.43. The molecule has 1 N–H and O–H groups in total. The second-order valence-electron chi connectivity index (χ2n) is 2.05. The van der Waals surface area contributed by atoms with Crippen LogP contribution in [0.15, 0.2) is 12.1 Å². The number of halogens is 1. The minimum absolute atomic E-state index is 0.106. The lowest BCUT2D eigenvalue weighted by atomic mass is 9.93. The molecule has 0 aromatic heterocycles. The normalized spacial score (nSPS) is 9.55. The fourth-order valence-electron chi connectivity index (χ4n) is 0.732. The van der Waals surface area contributed by atoms with E-state index < -0.39 is 0 Å². The molecule has 1 rings (SSSR count). The summed E-state index contributed by atoms with van der Waals surface area (Å²) in [5.41, 5.74) is 0.217. The lowest BCUT2D eigenvalue weighted by molar-refractivity contribution is 0.112. The summed E-state index contributed by atoms with van der Waals surface area (Å²) in [6, 6.07) is 2.73. The molecule has 0 atom stereocenters. The molecule has 0 aliphatic carbocycles. The number of rotatable bonds is 1. The Balaban J connectivity index is 3.35. The molecular formula is C7H4BClO2. The zero-order valence-electron chi connectivity index (χ0n) is 5.54. The van der Waals surface area contributed by atoms with Crippen molar-refractivity contribution in [2.75, 3.05) is 0 Å². The lowest BCUT2D eigenvalue weighted by Gasteiger charge is -2.01. The fourth-order valence-corrected chi connectivity index (χ4v) is 0.967. The van der Waals surface area contributed by atoms with Gasteiger partial charge in [0.15, 0.2) is 6.29 Å². The first kappa shape index (κ1) is 8.14. The Morgan fingerprint density at radius 3 is 2.73 bits per heavy atom. The number of aromatic hydroxyl groups is 1. The molecule has 2 nitrogen and oxygen atoms in total. The number of aldehydes is 1. The van der Waals surface area contributed by atoms with Gasteiger partial charge in [-0.1, -0.05) is 17.1 Å². The van der Waals surface area contributed by atoms with Gasteiger partial charge in [-0.15, -0.1) is 0 Å². The fraction of sp³-hybridized carbons (Fsp3) is 0. The van der Waals surface area contributed by atoms with Crippen LogP contribution < -0.4 is 5.46 Å². The Morgan fingerprint density at radius 2 is 2.18 bits per heavy atom. The van der Waals surface area contributed by atoms with Gasteiger partial charge in [-0.05, 0) is 12.1 Å². The van der Waals surface area contributed by atoms with Gasteiger partial charge in [-0.3, -0.25) is 4.79 Å². The van der Waals surface area contributed by atoms with Crippen LogP contribution in [-0.2, 0) is 0 Å². The van der Waals surface area contributed by atoms with E-state index in [-0.39, 0.29) is 16.8 Å². The molecule has 0 saturated heterocycles. The van der Waals surface area contributed by atoms with Crippen molar-refractivity contribution in [3.63, 3.8) is 0 Å². The van der Waals surface area contributed by atoms with Crippen molar-refractivity contribution in [2.45, 2.75) is 0 Å². The van der Waals surface area contributed by atoms with E-state index in [1.54, 1.807) is 0 Å². The van der Waals surface area contributed by atoms with Crippen molar-refractivity contribution in [2.24, 2.45) is 0 Å². The third-order valence-electron chi connectivity index (χ3n) is 1.26. The van der Waals surface area contributed by atoms with Gasteiger partial charge >= 0.3 is 0 Å². The van der Waals surface area contributed by atoms with Gasteiger partial charge in [0.1, 0.15) is 13.6 Å². The van der Waals surface area contributed by atoms with E-state index in [1.807, 2.05) is 0 Å². The van der Waals surface area contributed by atoms with Crippen molar-refractivity contribution in [1.82, 2.24) is 0 Å². The maximum absolute atomic E-state index is 10.3. The summed E-state index contributed by atoms with van der Waals surface area (Å²) in [7, 11) is 5.30. The molecular weight excluding hydrogens is 162 g/mol. The van der Waals surface area contributed by atoms with Crippen LogP contribution in [0.1, 0.15) is 10.4 Å². The molecule has 54 valence electrons. The molecule has 0 aliphatic rings. The van der Waals surface area contributed by atoms with Gasteiger partial charge < -0.3 is 5.11 Å². The van der Waals surface area contributed by atoms with Crippen LogP contribution in [0, 0.1) is 0 Å². The molecule has 0 fully saturated rings. The average Bonchev–Trinajstić information content (AvgIpc) is 1.96. The first-order valence-electron chi connectivity index (χ1n) is 2.88. The SMILES string of the molecule is [B]c1cc(Cl)cc(C=O)c1O. The lowest BCUT2D eigenvalue weighted by Crippen LogP contribution is -2.04. The first-order valence-corrected chi connectivity index (χ1v) is 3.26. The Bertz CT molecular complexity index is 299. The molecule has 1 aromatic carbocycles. The zero-order valence-corrected chi connectivity index (χ0v) is 6.30. The Hall–Kier alpha value is -0.955. The van der Waals surface area contributed by atoms with Crippen LogP contribution in [0.3, 0.4) is 0 Å². The molecule has 0 saturated carbocycles. The molecule has 1 aromatic rings. The van der Waals surface area contributed by atoms with Crippen LogP contribution >= 0.6 is 11.6 Å². The smallest absolute Gasteiger partial charge is 0.153 e. The second-order valence-corrected chi connectivity index (χ2v) is 2.49. The predicted octanol–water partition coefficient (Wildman–Crippen LogP) is 0.652. The molecule has 0 spiro atoms. The summed E-state index contributed by atoms with van der Waals surface area (Å²) in [5, 5.41) is 9.44. The van der Waals surface area contributed by atoms with Crippen molar-refractivity contribution < 1.29 is 9.90 Å². The van der Waals surface area contributed by atoms with Gasteiger partial charge in [-0.2, -0.15) is 0 Å². The van der Waals surface area contributed by atoms with Crippen LogP contribution in [0.4, 0.5) is 0 Å². The standard InChI is InChI=1S/C7H4BClO2/c8-6-2-5(9)1-4(3-10)7(6)11/h1-3,11H. The molecule has 0 heterocycles. The van der Waals surface area contributed by atoms with Crippen LogP contribution in [0.25, 0.3) is 0 Å². The number of carbonyl (C=O) groups is 1. The van der Waals surface area contributed by atoms with Gasteiger partial charge in [0.25, 0.3) is 0 Å². The topological polar surface area (TPSA) is 37.3 Å². The summed E-state index contributed by atoms with van der Waals surface area (Å²) in [6.07, 6.45) is 0.498. The van der Waals surface area contributed by atoms with Gasteiger partial charge in [0.2, 0.25) is 0 Å². The van der Waals surface area contributed by atoms with Crippen molar-refractivity contribution in [3.8, 4) is 5.75 Å². The molecule has 0 aliphatic heterocycles. The van der Waals surface area contributed by atoms with Crippen LogP contribution in [0.5, 0.6) is 5.75 Å². The van der Waals surface area contributed by atoms with E-state index in [9.17, 15) is 4.79 Å². The Kier molecular flexibility index (Phi) is 2.20. The molecule has 0 bridgehead atoms. The summed E-state index contributed by atoms with van der Waals surface area (Å²) in [6.45, 7) is 0. The molecule has 0 unspecified atom stereocenters. The second kappa shape index (κ2) is 2.97. The van der Waals surface area contributed by atoms with Gasteiger partial charge in [0.05, 0.1) is 5.56 Å². The third-order valence-corrected chi connectivity index (χ3v) is 1.48. The van der Waals surface area contributed by atoms with E-state index in [0.717, 1.165) is 0 Å². The molecule has 4 heteroatoms. The van der Waals surface area contributed by atoms with Crippen molar-refractivity contribution >= 4 is 31.2 Å². The summed E-state index contributed by atoms with van der Waals surface area (Å²) in [4.78, 5) is 10.3. The average molecular weight is 166 g/mol. The summed E-state index contributed by atoms with van der Waals surface area (Å²) >= 11 is 5.55. The highest BCUT2D eigenvalue weighted by molar-refractivity contribution is 6.38. The van der Waals surface area contributed by atoms with E-state index in [1.165, 1.54) is 12.1 Å². The highest BCUT2D eigenvalue weighted by atomic mass is 35.5. The number of hydrogen-bond donors (Lipinski definition) is 1. The molecule has 11 heavy (non-hydrogen) atoms.